The molecule has 0 atom stereocenters. The highest BCUT2D eigenvalue weighted by atomic mass is 32.2. The molecule has 1 rings (SSSR count). The van der Waals surface area contributed by atoms with Crippen LogP contribution in [0.2, 0.25) is 0 Å². The van der Waals surface area contributed by atoms with E-state index in [1.807, 2.05) is 12.5 Å². The molecular formula is C9H10O3S3. The maximum Gasteiger partial charge on any atom is 0.340 e. The number of thioether (sulfide) groups is 2. The Balaban J connectivity index is 3.36. The van der Waals surface area contributed by atoms with Gasteiger partial charge < -0.3 is 4.74 Å². The Morgan fingerprint density at radius 3 is 2.33 bits per heavy atom. The lowest BCUT2D eigenvalue weighted by molar-refractivity contribution is 0.0595. The predicted octanol–water partition coefficient (Wildman–Crippen LogP) is 2.79. The van der Waals surface area contributed by atoms with E-state index in [0.717, 1.165) is 8.42 Å². The van der Waals surface area contributed by atoms with E-state index in [1.54, 1.807) is 0 Å². The van der Waals surface area contributed by atoms with Crippen molar-refractivity contribution < 1.29 is 14.3 Å². The molecule has 1 heterocycles. The van der Waals surface area contributed by atoms with Gasteiger partial charge in [-0.3, -0.25) is 4.79 Å². The molecule has 0 amide bonds. The van der Waals surface area contributed by atoms with Crippen LogP contribution < -0.4 is 0 Å². The molecular weight excluding hydrogens is 252 g/mol. The van der Waals surface area contributed by atoms with E-state index in [0.29, 0.717) is 17.4 Å². The van der Waals surface area contributed by atoms with Crippen LogP contribution >= 0.6 is 34.9 Å². The molecule has 0 unspecified atom stereocenters. The zero-order valence-corrected chi connectivity index (χ0v) is 11.0. The quantitative estimate of drug-likeness (QED) is 0.474. The molecule has 0 N–H and O–H groups in total. The van der Waals surface area contributed by atoms with Crippen LogP contribution in [0.5, 0.6) is 0 Å². The van der Waals surface area contributed by atoms with Crippen molar-refractivity contribution in [2.75, 3.05) is 19.6 Å². The summed E-state index contributed by atoms with van der Waals surface area (Å²) in [6, 6.07) is 0. The maximum absolute atomic E-state index is 11.5. The third-order valence-corrected chi connectivity index (χ3v) is 5.22. The number of carbonyl (C=O) groups is 2. The summed E-state index contributed by atoms with van der Waals surface area (Å²) >= 11 is 4.36. The van der Waals surface area contributed by atoms with Crippen molar-refractivity contribution in [1.82, 2.24) is 0 Å². The van der Waals surface area contributed by atoms with E-state index >= 15 is 0 Å². The van der Waals surface area contributed by atoms with E-state index in [1.165, 1.54) is 42.0 Å². The fourth-order valence-electron chi connectivity index (χ4n) is 1.10. The van der Waals surface area contributed by atoms with Gasteiger partial charge >= 0.3 is 5.97 Å². The van der Waals surface area contributed by atoms with Crippen LogP contribution in [0, 0.1) is 0 Å². The zero-order valence-electron chi connectivity index (χ0n) is 8.53. The second kappa shape index (κ2) is 5.58. The summed E-state index contributed by atoms with van der Waals surface area (Å²) in [5, 5.41) is 0. The second-order valence-electron chi connectivity index (χ2n) is 2.48. The van der Waals surface area contributed by atoms with E-state index in [-0.39, 0.29) is 0 Å². The zero-order chi connectivity index (χ0) is 11.4. The van der Waals surface area contributed by atoms with Crippen LogP contribution in [0.25, 0.3) is 0 Å². The molecule has 0 fully saturated rings. The van der Waals surface area contributed by atoms with Crippen molar-refractivity contribution in [3.05, 3.63) is 11.1 Å². The number of hydrogen-bond donors (Lipinski definition) is 0. The first-order chi connectivity index (χ1) is 7.19. The van der Waals surface area contributed by atoms with Gasteiger partial charge in [-0.1, -0.05) is 0 Å². The van der Waals surface area contributed by atoms with Gasteiger partial charge in [0.25, 0.3) is 0 Å². The van der Waals surface area contributed by atoms with Crippen LogP contribution in [-0.4, -0.2) is 31.9 Å². The standard InChI is InChI=1S/C9H10O3S3/c1-12-7(11)6-5(4-10)8(13-2)15-9(6)14-3/h4H,1-3H3. The summed E-state index contributed by atoms with van der Waals surface area (Å²) in [6.45, 7) is 0. The smallest absolute Gasteiger partial charge is 0.340 e. The van der Waals surface area contributed by atoms with Crippen molar-refractivity contribution in [2.24, 2.45) is 0 Å². The maximum atomic E-state index is 11.5. The predicted molar refractivity (Wildman–Crippen MR) is 64.6 cm³/mol. The van der Waals surface area contributed by atoms with Crippen LogP contribution in [0.15, 0.2) is 8.42 Å². The molecule has 0 aromatic carbocycles. The second-order valence-corrected chi connectivity index (χ2v) is 5.65. The minimum atomic E-state index is -0.446. The molecule has 1 aromatic heterocycles. The first-order valence-electron chi connectivity index (χ1n) is 3.97. The Hall–Kier alpha value is -0.460. The van der Waals surface area contributed by atoms with Gasteiger partial charge in [0.15, 0.2) is 6.29 Å². The van der Waals surface area contributed by atoms with E-state index in [2.05, 4.69) is 4.74 Å². The molecule has 82 valence electrons. The number of hydrogen-bond acceptors (Lipinski definition) is 6. The first kappa shape index (κ1) is 12.6. The van der Waals surface area contributed by atoms with Gasteiger partial charge in [0.2, 0.25) is 0 Å². The van der Waals surface area contributed by atoms with E-state index in [4.69, 9.17) is 0 Å². The highest BCUT2D eigenvalue weighted by Crippen LogP contribution is 2.39. The third kappa shape index (κ3) is 2.38. The molecule has 3 nitrogen and oxygen atoms in total. The third-order valence-electron chi connectivity index (χ3n) is 1.76. The average molecular weight is 262 g/mol. The lowest BCUT2D eigenvalue weighted by Gasteiger charge is -1.99. The number of thiophene rings is 1. The molecule has 0 radical (unpaired) electrons. The summed E-state index contributed by atoms with van der Waals surface area (Å²) in [7, 11) is 1.32. The normalized spacial score (nSPS) is 10.1. The molecule has 0 saturated heterocycles. The van der Waals surface area contributed by atoms with Crippen LogP contribution in [0.1, 0.15) is 20.7 Å². The van der Waals surface area contributed by atoms with Crippen molar-refractivity contribution in [3.8, 4) is 0 Å². The van der Waals surface area contributed by atoms with Crippen molar-refractivity contribution in [3.63, 3.8) is 0 Å². The Morgan fingerprint density at radius 1 is 1.33 bits per heavy atom. The Kier molecular flexibility index (Phi) is 4.69. The number of ether oxygens (including phenoxy) is 1. The summed E-state index contributed by atoms with van der Waals surface area (Å²) in [4.78, 5) is 22.4. The Bertz CT molecular complexity index is 384. The molecule has 0 aliphatic rings. The van der Waals surface area contributed by atoms with Gasteiger partial charge in [0.05, 0.1) is 26.7 Å². The Labute approximate surface area is 101 Å². The number of carbonyl (C=O) groups excluding carboxylic acids is 2. The molecule has 1 aromatic rings. The number of esters is 1. The van der Waals surface area contributed by atoms with Gasteiger partial charge in [-0.15, -0.1) is 34.9 Å². The van der Waals surface area contributed by atoms with Gasteiger partial charge in [-0.05, 0) is 12.5 Å². The molecule has 15 heavy (non-hydrogen) atoms. The van der Waals surface area contributed by atoms with Gasteiger partial charge in [0.1, 0.15) is 0 Å². The van der Waals surface area contributed by atoms with Gasteiger partial charge in [-0.25, -0.2) is 4.79 Å². The first-order valence-corrected chi connectivity index (χ1v) is 7.24. The van der Waals surface area contributed by atoms with Gasteiger partial charge in [0, 0.05) is 0 Å². The molecule has 0 aliphatic heterocycles. The lowest BCUT2D eigenvalue weighted by Crippen LogP contribution is -2.04. The largest absolute Gasteiger partial charge is 0.465 e. The fraction of sp³-hybridized carbons (Fsp3) is 0.333. The van der Waals surface area contributed by atoms with Gasteiger partial charge in [-0.2, -0.15) is 0 Å². The average Bonchev–Trinajstić information content (AvgIpc) is 2.65. The highest BCUT2D eigenvalue weighted by molar-refractivity contribution is 8.02. The summed E-state index contributed by atoms with van der Waals surface area (Å²) in [5.74, 6) is -0.446. The fourth-order valence-corrected chi connectivity index (χ4v) is 3.92. The molecule has 0 bridgehead atoms. The molecule has 0 aliphatic carbocycles. The summed E-state index contributed by atoms with van der Waals surface area (Å²) in [5.41, 5.74) is 0.845. The molecule has 6 heteroatoms. The number of methoxy groups -OCH3 is 1. The Morgan fingerprint density at radius 2 is 1.93 bits per heavy atom. The molecule has 0 spiro atoms. The minimum Gasteiger partial charge on any atom is -0.465 e. The highest BCUT2D eigenvalue weighted by Gasteiger charge is 2.23. The topological polar surface area (TPSA) is 43.4 Å². The van der Waals surface area contributed by atoms with Crippen LogP contribution in [0.4, 0.5) is 0 Å². The van der Waals surface area contributed by atoms with Crippen LogP contribution in [0.3, 0.4) is 0 Å². The van der Waals surface area contributed by atoms with Crippen LogP contribution in [-0.2, 0) is 4.74 Å². The molecule has 0 saturated carbocycles. The monoisotopic (exact) mass is 262 g/mol. The van der Waals surface area contributed by atoms with E-state index < -0.39 is 5.97 Å². The summed E-state index contributed by atoms with van der Waals surface area (Å²) in [6.07, 6.45) is 4.47. The van der Waals surface area contributed by atoms with E-state index in [9.17, 15) is 9.59 Å². The van der Waals surface area contributed by atoms with Crippen molar-refractivity contribution in [1.29, 1.82) is 0 Å². The SMILES string of the molecule is COC(=O)c1c(SC)sc(SC)c1C=O. The number of rotatable bonds is 4. The van der Waals surface area contributed by atoms with Crippen molar-refractivity contribution >= 4 is 47.1 Å². The number of aldehydes is 1. The summed E-state index contributed by atoms with van der Waals surface area (Å²) < 4.78 is 6.35. The lowest BCUT2D eigenvalue weighted by atomic mass is 10.2. The van der Waals surface area contributed by atoms with Crippen molar-refractivity contribution in [2.45, 2.75) is 8.42 Å². The minimum absolute atomic E-state index is 0.398.